The van der Waals surface area contributed by atoms with E-state index in [9.17, 15) is 9.59 Å². The molecule has 1 aromatic carbocycles. The number of hydrogen-bond donors (Lipinski definition) is 1. The van der Waals surface area contributed by atoms with E-state index in [2.05, 4.69) is 30.7 Å². The predicted molar refractivity (Wildman–Crippen MR) is 111 cm³/mol. The van der Waals surface area contributed by atoms with Gasteiger partial charge in [-0.3, -0.25) is 9.59 Å². The van der Waals surface area contributed by atoms with Gasteiger partial charge in [0.1, 0.15) is 5.82 Å². The maximum absolute atomic E-state index is 13.0. The highest BCUT2D eigenvalue weighted by molar-refractivity contribution is 5.95. The summed E-state index contributed by atoms with van der Waals surface area (Å²) in [6, 6.07) is 10.9. The number of nitrogens with one attached hydrogen (secondary N) is 1. The average Bonchev–Trinajstić information content (AvgIpc) is 3.36. The number of rotatable bonds is 3. The summed E-state index contributed by atoms with van der Waals surface area (Å²) in [6.45, 7) is 8.84. The third-order valence-corrected chi connectivity index (χ3v) is 4.95. The van der Waals surface area contributed by atoms with E-state index in [1.54, 1.807) is 24.3 Å². The highest BCUT2D eigenvalue weighted by Gasteiger charge is 2.33. The van der Waals surface area contributed by atoms with Crippen LogP contribution in [0.5, 0.6) is 0 Å². The van der Waals surface area contributed by atoms with Crippen LogP contribution in [-0.2, 0) is 23.4 Å². The van der Waals surface area contributed by atoms with Crippen molar-refractivity contribution in [3.8, 4) is 5.82 Å². The summed E-state index contributed by atoms with van der Waals surface area (Å²) in [5.41, 5.74) is 3.12. The Morgan fingerprint density at radius 3 is 2.28 bits per heavy atom. The largest absolute Gasteiger partial charge is 0.328 e. The molecule has 0 unspecified atom stereocenters. The van der Waals surface area contributed by atoms with Crippen molar-refractivity contribution in [2.45, 2.75) is 46.3 Å². The van der Waals surface area contributed by atoms with E-state index in [0.717, 1.165) is 17.1 Å². The fraction of sp³-hybridized carbons (Fsp3) is 0.318. The third-order valence-electron chi connectivity index (χ3n) is 4.95. The van der Waals surface area contributed by atoms with Gasteiger partial charge in [0.15, 0.2) is 0 Å². The fourth-order valence-electron chi connectivity index (χ4n) is 3.64. The summed E-state index contributed by atoms with van der Waals surface area (Å²) in [7, 11) is 0. The van der Waals surface area contributed by atoms with Gasteiger partial charge in [-0.05, 0) is 57.2 Å². The molecule has 0 aliphatic carbocycles. The first kappa shape index (κ1) is 19.0. The molecule has 0 fully saturated rings. The lowest BCUT2D eigenvalue weighted by molar-refractivity contribution is -0.114. The molecule has 0 radical (unpaired) electrons. The molecule has 1 aliphatic rings. The van der Waals surface area contributed by atoms with Crippen molar-refractivity contribution >= 4 is 17.5 Å². The molecule has 0 spiro atoms. The molecule has 0 saturated heterocycles. The Hall–Kier alpha value is -3.35. The molecule has 3 aromatic rings. The van der Waals surface area contributed by atoms with Gasteiger partial charge in [0.05, 0.1) is 24.3 Å². The Kier molecular flexibility index (Phi) is 4.53. The van der Waals surface area contributed by atoms with E-state index in [1.807, 2.05) is 34.1 Å². The van der Waals surface area contributed by atoms with E-state index in [4.69, 9.17) is 5.10 Å². The van der Waals surface area contributed by atoms with Crippen LogP contribution in [0.2, 0.25) is 0 Å². The number of benzene rings is 1. The summed E-state index contributed by atoms with van der Waals surface area (Å²) >= 11 is 0. The number of carbonyl (C=O) groups is 2. The molecule has 7 heteroatoms. The molecule has 2 amide bonds. The van der Waals surface area contributed by atoms with Crippen LogP contribution in [0.15, 0.2) is 48.8 Å². The fourth-order valence-corrected chi connectivity index (χ4v) is 3.64. The zero-order valence-electron chi connectivity index (χ0n) is 17.1. The molecule has 4 rings (SSSR count). The van der Waals surface area contributed by atoms with Gasteiger partial charge in [0.25, 0.3) is 5.91 Å². The summed E-state index contributed by atoms with van der Waals surface area (Å²) < 4.78 is 4.11. The second-order valence-electron chi connectivity index (χ2n) is 8.34. The summed E-state index contributed by atoms with van der Waals surface area (Å²) in [5.74, 6) is 0.828. The molecule has 0 saturated carbocycles. The maximum Gasteiger partial charge on any atom is 0.254 e. The summed E-state index contributed by atoms with van der Waals surface area (Å²) in [6.07, 6.45) is 4.01. The van der Waals surface area contributed by atoms with Crippen molar-refractivity contribution in [1.82, 2.24) is 19.2 Å². The molecular formula is C22H25N5O2. The first-order valence-electron chi connectivity index (χ1n) is 9.65. The standard InChI is InChI=1S/C22H25N5O2/c1-15(28)23-17-9-7-16(8-10-17)21(29)26-13-18-19(14-26)24-27(22(2,3)4)20(18)25-11-5-6-12-25/h5-12H,13-14H2,1-4H3,(H,23,28). The number of anilines is 1. The van der Waals surface area contributed by atoms with Crippen LogP contribution in [0.25, 0.3) is 5.82 Å². The summed E-state index contributed by atoms with van der Waals surface area (Å²) in [4.78, 5) is 26.0. The molecule has 7 nitrogen and oxygen atoms in total. The Morgan fingerprint density at radius 2 is 1.69 bits per heavy atom. The van der Waals surface area contributed by atoms with Crippen LogP contribution >= 0.6 is 0 Å². The molecule has 1 N–H and O–H groups in total. The third kappa shape index (κ3) is 3.55. The molecule has 29 heavy (non-hydrogen) atoms. The van der Waals surface area contributed by atoms with Gasteiger partial charge in [-0.25, -0.2) is 4.68 Å². The van der Waals surface area contributed by atoms with Gasteiger partial charge in [-0.1, -0.05) is 0 Å². The normalized spacial score (nSPS) is 13.4. The quantitative estimate of drug-likeness (QED) is 0.742. The number of carbonyl (C=O) groups excluding carboxylic acids is 2. The molecule has 0 bridgehead atoms. The van der Waals surface area contributed by atoms with E-state index in [1.165, 1.54) is 6.92 Å². The van der Waals surface area contributed by atoms with E-state index in [-0.39, 0.29) is 17.4 Å². The van der Waals surface area contributed by atoms with Gasteiger partial charge >= 0.3 is 0 Å². The van der Waals surface area contributed by atoms with Gasteiger partial charge < -0.3 is 14.8 Å². The lowest BCUT2D eigenvalue weighted by atomic mass is 10.1. The Bertz CT molecular complexity index is 1060. The van der Waals surface area contributed by atoms with E-state index >= 15 is 0 Å². The van der Waals surface area contributed by atoms with Crippen molar-refractivity contribution < 1.29 is 9.59 Å². The molecule has 3 heterocycles. The van der Waals surface area contributed by atoms with E-state index in [0.29, 0.717) is 24.3 Å². The average molecular weight is 391 g/mol. The summed E-state index contributed by atoms with van der Waals surface area (Å²) in [5, 5.41) is 7.56. The zero-order chi connectivity index (χ0) is 20.8. The molecule has 150 valence electrons. The lowest BCUT2D eigenvalue weighted by Gasteiger charge is -2.24. The van der Waals surface area contributed by atoms with Crippen molar-refractivity contribution in [2.24, 2.45) is 0 Å². The SMILES string of the molecule is CC(=O)Nc1ccc(C(=O)N2Cc3nn(C(C)(C)C)c(-n4cccc4)c3C2)cc1. The molecule has 1 aliphatic heterocycles. The van der Waals surface area contributed by atoms with Crippen LogP contribution < -0.4 is 5.32 Å². The topological polar surface area (TPSA) is 72.2 Å². The lowest BCUT2D eigenvalue weighted by Crippen LogP contribution is -2.29. The molecular weight excluding hydrogens is 366 g/mol. The van der Waals surface area contributed by atoms with Gasteiger partial charge in [0.2, 0.25) is 5.91 Å². The van der Waals surface area contributed by atoms with Crippen molar-refractivity contribution in [3.05, 3.63) is 65.6 Å². The number of aromatic nitrogens is 3. The minimum atomic E-state index is -0.168. The monoisotopic (exact) mass is 391 g/mol. The van der Waals surface area contributed by atoms with Gasteiger partial charge in [-0.15, -0.1) is 0 Å². The van der Waals surface area contributed by atoms with Crippen LogP contribution in [0, 0.1) is 0 Å². The minimum absolute atomic E-state index is 0.0434. The second-order valence-corrected chi connectivity index (χ2v) is 8.34. The highest BCUT2D eigenvalue weighted by Crippen LogP contribution is 2.32. The first-order valence-corrected chi connectivity index (χ1v) is 9.65. The number of nitrogens with zero attached hydrogens (tertiary/aromatic N) is 4. The zero-order valence-corrected chi connectivity index (χ0v) is 17.1. The van der Waals surface area contributed by atoms with Crippen LogP contribution in [0.4, 0.5) is 5.69 Å². The number of hydrogen-bond acceptors (Lipinski definition) is 3. The molecule has 2 aromatic heterocycles. The van der Waals surface area contributed by atoms with Crippen LogP contribution in [0.3, 0.4) is 0 Å². The smallest absolute Gasteiger partial charge is 0.254 e. The van der Waals surface area contributed by atoms with Crippen molar-refractivity contribution in [1.29, 1.82) is 0 Å². The minimum Gasteiger partial charge on any atom is -0.328 e. The van der Waals surface area contributed by atoms with Crippen molar-refractivity contribution in [2.75, 3.05) is 5.32 Å². The maximum atomic E-state index is 13.0. The highest BCUT2D eigenvalue weighted by atomic mass is 16.2. The predicted octanol–water partition coefficient (Wildman–Crippen LogP) is 3.54. The van der Waals surface area contributed by atoms with Gasteiger partial charge in [0, 0.05) is 36.1 Å². The Morgan fingerprint density at radius 1 is 1.03 bits per heavy atom. The Labute approximate surface area is 169 Å². The second kappa shape index (κ2) is 6.92. The van der Waals surface area contributed by atoms with Crippen LogP contribution in [-0.4, -0.2) is 31.1 Å². The van der Waals surface area contributed by atoms with Gasteiger partial charge in [-0.2, -0.15) is 5.10 Å². The molecule has 0 atom stereocenters. The number of fused-ring (bicyclic) bond motifs is 1. The van der Waals surface area contributed by atoms with Crippen molar-refractivity contribution in [3.63, 3.8) is 0 Å². The first-order chi connectivity index (χ1) is 13.7. The Balaban J connectivity index is 1.61. The van der Waals surface area contributed by atoms with Crippen LogP contribution in [0.1, 0.15) is 49.3 Å². The number of amides is 2. The van der Waals surface area contributed by atoms with E-state index < -0.39 is 0 Å².